The summed E-state index contributed by atoms with van der Waals surface area (Å²) in [6, 6.07) is 4.04. The van der Waals surface area contributed by atoms with Gasteiger partial charge in [-0.1, -0.05) is 26.8 Å². The van der Waals surface area contributed by atoms with E-state index in [1.165, 1.54) is 12.1 Å². The van der Waals surface area contributed by atoms with Crippen LogP contribution in [-0.2, 0) is 0 Å². The van der Waals surface area contributed by atoms with E-state index in [-0.39, 0.29) is 11.5 Å². The van der Waals surface area contributed by atoms with E-state index in [0.29, 0.717) is 0 Å². The maximum absolute atomic E-state index is 13.1. The fraction of sp³-hybridized carbons (Fsp3) is 0.500. The van der Waals surface area contributed by atoms with Gasteiger partial charge in [-0.15, -0.1) is 0 Å². The van der Waals surface area contributed by atoms with Crippen LogP contribution in [0.3, 0.4) is 0 Å². The van der Waals surface area contributed by atoms with Crippen LogP contribution in [0.15, 0.2) is 18.2 Å². The van der Waals surface area contributed by atoms with Gasteiger partial charge in [0.15, 0.2) is 11.6 Å². The van der Waals surface area contributed by atoms with Crippen LogP contribution in [-0.4, -0.2) is 7.05 Å². The van der Waals surface area contributed by atoms with Gasteiger partial charge in [0.1, 0.15) is 0 Å². The summed E-state index contributed by atoms with van der Waals surface area (Å²) in [6.45, 7) is 6.15. The molecule has 0 aromatic heterocycles. The molecule has 1 atom stereocenters. The minimum Gasteiger partial charge on any atom is -0.313 e. The van der Waals surface area contributed by atoms with Gasteiger partial charge in [0, 0.05) is 6.04 Å². The Morgan fingerprint density at radius 2 is 1.73 bits per heavy atom. The average Bonchev–Trinajstić information content (AvgIpc) is 2.10. The van der Waals surface area contributed by atoms with Gasteiger partial charge in [-0.25, -0.2) is 8.78 Å². The Hall–Kier alpha value is -0.960. The Morgan fingerprint density at radius 1 is 1.13 bits per heavy atom. The van der Waals surface area contributed by atoms with E-state index in [1.54, 1.807) is 6.07 Å². The van der Waals surface area contributed by atoms with Crippen molar-refractivity contribution >= 4 is 0 Å². The maximum atomic E-state index is 13.1. The minimum absolute atomic E-state index is 0.00704. The number of halogens is 2. The first-order valence-electron chi connectivity index (χ1n) is 4.98. The first-order valence-corrected chi connectivity index (χ1v) is 4.98. The van der Waals surface area contributed by atoms with Crippen molar-refractivity contribution in [2.45, 2.75) is 26.8 Å². The summed E-state index contributed by atoms with van der Waals surface area (Å²) in [6.07, 6.45) is 0. The van der Waals surface area contributed by atoms with Gasteiger partial charge in [-0.3, -0.25) is 0 Å². The zero-order chi connectivity index (χ0) is 11.6. The summed E-state index contributed by atoms with van der Waals surface area (Å²) >= 11 is 0. The number of hydrogen-bond donors (Lipinski definition) is 1. The molecule has 0 bridgehead atoms. The van der Waals surface area contributed by atoms with Crippen LogP contribution in [0, 0.1) is 17.0 Å². The molecule has 84 valence electrons. The predicted octanol–water partition coefficient (Wildman–Crippen LogP) is 3.27. The fourth-order valence-corrected chi connectivity index (χ4v) is 1.79. The molecular weight excluding hydrogens is 196 g/mol. The quantitative estimate of drug-likeness (QED) is 0.795. The van der Waals surface area contributed by atoms with Crippen LogP contribution in [0.25, 0.3) is 0 Å². The number of hydrogen-bond acceptors (Lipinski definition) is 1. The molecule has 0 fully saturated rings. The van der Waals surface area contributed by atoms with Gasteiger partial charge < -0.3 is 5.32 Å². The molecule has 0 aliphatic rings. The van der Waals surface area contributed by atoms with Gasteiger partial charge in [0.25, 0.3) is 0 Å². The normalized spacial score (nSPS) is 14.0. The molecule has 1 N–H and O–H groups in total. The van der Waals surface area contributed by atoms with Crippen LogP contribution in [0.2, 0.25) is 0 Å². The Balaban J connectivity index is 3.08. The molecule has 0 saturated carbocycles. The molecule has 1 unspecified atom stereocenters. The van der Waals surface area contributed by atoms with E-state index < -0.39 is 11.6 Å². The third-order valence-electron chi connectivity index (χ3n) is 2.43. The predicted molar refractivity (Wildman–Crippen MR) is 57.6 cm³/mol. The Bertz CT molecular complexity index is 342. The highest BCUT2D eigenvalue weighted by atomic mass is 19.2. The molecule has 0 radical (unpaired) electrons. The summed E-state index contributed by atoms with van der Waals surface area (Å²) in [5.41, 5.74) is 0.725. The topological polar surface area (TPSA) is 12.0 Å². The van der Waals surface area contributed by atoms with Crippen molar-refractivity contribution in [1.29, 1.82) is 0 Å². The Labute approximate surface area is 89.5 Å². The van der Waals surface area contributed by atoms with E-state index in [2.05, 4.69) is 26.1 Å². The van der Waals surface area contributed by atoms with Crippen molar-refractivity contribution in [1.82, 2.24) is 5.32 Å². The van der Waals surface area contributed by atoms with Gasteiger partial charge in [-0.05, 0) is 30.2 Å². The highest BCUT2D eigenvalue weighted by molar-refractivity contribution is 5.22. The lowest BCUT2D eigenvalue weighted by Gasteiger charge is -2.30. The maximum Gasteiger partial charge on any atom is 0.159 e. The monoisotopic (exact) mass is 213 g/mol. The molecule has 1 rings (SSSR count). The van der Waals surface area contributed by atoms with Crippen molar-refractivity contribution in [3.05, 3.63) is 35.4 Å². The zero-order valence-electron chi connectivity index (χ0n) is 9.57. The lowest BCUT2D eigenvalue weighted by Crippen LogP contribution is -2.29. The van der Waals surface area contributed by atoms with E-state index >= 15 is 0 Å². The molecule has 0 saturated heterocycles. The molecule has 15 heavy (non-hydrogen) atoms. The Morgan fingerprint density at radius 3 is 2.13 bits per heavy atom. The van der Waals surface area contributed by atoms with E-state index in [0.717, 1.165) is 5.56 Å². The molecule has 0 amide bonds. The van der Waals surface area contributed by atoms with E-state index in [4.69, 9.17) is 0 Å². The average molecular weight is 213 g/mol. The van der Waals surface area contributed by atoms with Crippen LogP contribution >= 0.6 is 0 Å². The largest absolute Gasteiger partial charge is 0.313 e. The summed E-state index contributed by atoms with van der Waals surface area (Å²) in [5, 5.41) is 3.12. The molecule has 1 nitrogen and oxygen atoms in total. The Kier molecular flexibility index (Phi) is 3.45. The zero-order valence-corrected chi connectivity index (χ0v) is 9.57. The molecular formula is C12H17F2N. The van der Waals surface area contributed by atoms with Crippen LogP contribution in [0.1, 0.15) is 32.4 Å². The highest BCUT2D eigenvalue weighted by Gasteiger charge is 2.25. The third kappa shape index (κ3) is 2.75. The molecule has 0 heterocycles. The first-order chi connectivity index (χ1) is 6.86. The van der Waals surface area contributed by atoms with E-state index in [9.17, 15) is 8.78 Å². The van der Waals surface area contributed by atoms with Crippen molar-refractivity contribution in [2.75, 3.05) is 7.05 Å². The lowest BCUT2D eigenvalue weighted by atomic mass is 9.82. The van der Waals surface area contributed by atoms with Crippen molar-refractivity contribution in [3.63, 3.8) is 0 Å². The smallest absolute Gasteiger partial charge is 0.159 e. The lowest BCUT2D eigenvalue weighted by molar-refractivity contribution is 0.286. The van der Waals surface area contributed by atoms with Crippen LogP contribution < -0.4 is 5.32 Å². The van der Waals surface area contributed by atoms with Gasteiger partial charge in [0.05, 0.1) is 0 Å². The molecule has 1 aromatic carbocycles. The van der Waals surface area contributed by atoms with Gasteiger partial charge >= 0.3 is 0 Å². The molecule has 0 aliphatic carbocycles. The minimum atomic E-state index is -0.803. The molecule has 0 aliphatic heterocycles. The first kappa shape index (κ1) is 12.1. The second-order valence-corrected chi connectivity index (χ2v) is 4.76. The number of rotatable bonds is 2. The van der Waals surface area contributed by atoms with Crippen molar-refractivity contribution in [2.24, 2.45) is 5.41 Å². The van der Waals surface area contributed by atoms with E-state index in [1.807, 2.05) is 7.05 Å². The number of nitrogens with one attached hydrogen (secondary N) is 1. The van der Waals surface area contributed by atoms with Crippen LogP contribution in [0.5, 0.6) is 0 Å². The summed E-state index contributed by atoms with van der Waals surface area (Å²) in [4.78, 5) is 0. The molecule has 3 heteroatoms. The van der Waals surface area contributed by atoms with Gasteiger partial charge in [-0.2, -0.15) is 0 Å². The summed E-state index contributed by atoms with van der Waals surface area (Å²) in [7, 11) is 1.82. The second-order valence-electron chi connectivity index (χ2n) is 4.76. The fourth-order valence-electron chi connectivity index (χ4n) is 1.79. The second kappa shape index (κ2) is 4.27. The third-order valence-corrected chi connectivity index (χ3v) is 2.43. The highest BCUT2D eigenvalue weighted by Crippen LogP contribution is 2.32. The van der Waals surface area contributed by atoms with Crippen molar-refractivity contribution < 1.29 is 8.78 Å². The number of benzene rings is 1. The van der Waals surface area contributed by atoms with Crippen LogP contribution in [0.4, 0.5) is 8.78 Å². The SMILES string of the molecule is CNC(c1ccc(F)c(F)c1)C(C)(C)C. The van der Waals surface area contributed by atoms with Gasteiger partial charge in [0.2, 0.25) is 0 Å². The standard InChI is InChI=1S/C12H17F2N/c1-12(2,3)11(15-4)8-5-6-9(13)10(14)7-8/h5-7,11,15H,1-4H3. The molecule has 1 aromatic rings. The molecule has 0 spiro atoms. The van der Waals surface area contributed by atoms with Crippen molar-refractivity contribution in [3.8, 4) is 0 Å². The summed E-state index contributed by atoms with van der Waals surface area (Å²) < 4.78 is 25.8. The summed E-state index contributed by atoms with van der Waals surface area (Å²) in [5.74, 6) is -1.60.